The second-order valence-corrected chi connectivity index (χ2v) is 16.5. The molecule has 3 aromatic rings. The normalized spacial score (nSPS) is 18.7. The van der Waals surface area contributed by atoms with Crippen LogP contribution in [0.5, 0.6) is 0 Å². The van der Waals surface area contributed by atoms with Crippen LogP contribution in [0.2, 0.25) is 5.04 Å². The van der Waals surface area contributed by atoms with Gasteiger partial charge in [0.2, 0.25) is 0 Å². The van der Waals surface area contributed by atoms with Crippen molar-refractivity contribution in [3.05, 3.63) is 118 Å². The molecular formula is C34H40F3N3O7Si. The molecule has 1 aromatic heterocycles. The lowest BCUT2D eigenvalue weighted by Crippen LogP contribution is -2.67. The number of H-pyrrole nitrogens is 1. The monoisotopic (exact) mass is 687 g/mol. The standard InChI is InChI=1S/C34H40F3N3O7Si/c1-5-19-44-23-45-27-20-29(40-21-24(30(41)39-32(40)43)13-12-18-38-31(42)34(35,36)37)47-28(27)22-46-48(33(2,3)4,25-14-8-6-9-15-25)26-16-10-7-11-17-26/h5-12,14-18,21,27-29H,1,13,19-20,22-23H2,2-4H3,(H,38,42)(H,39,41,43)/t27-,28+,29+/m0/s1. The summed E-state index contributed by atoms with van der Waals surface area (Å²) in [6.07, 6.45) is -2.28. The van der Waals surface area contributed by atoms with Gasteiger partial charge in [0.15, 0.2) is 0 Å². The van der Waals surface area contributed by atoms with Crippen molar-refractivity contribution >= 4 is 24.6 Å². The summed E-state index contributed by atoms with van der Waals surface area (Å²) in [5.41, 5.74) is -1.40. The molecule has 4 rings (SSSR count). The number of aromatic amines is 1. The Labute approximate surface area is 277 Å². The van der Waals surface area contributed by atoms with Crippen LogP contribution in [0.25, 0.3) is 0 Å². The SMILES string of the molecule is C=CCOCO[C@H]1C[C@H](n2cc(CC=CNC(=O)C(F)(F)F)c(=O)[nH]c2=O)O[C@@H]1CO[Si](c1ccccc1)(c1ccccc1)C(C)(C)C. The van der Waals surface area contributed by atoms with E-state index in [1.165, 1.54) is 16.8 Å². The van der Waals surface area contributed by atoms with Crippen LogP contribution in [-0.4, -0.2) is 62.2 Å². The fraction of sp³-hybridized carbons (Fsp3) is 0.382. The highest BCUT2D eigenvalue weighted by Crippen LogP contribution is 2.38. The van der Waals surface area contributed by atoms with Gasteiger partial charge in [0.1, 0.15) is 19.1 Å². The molecule has 1 saturated heterocycles. The highest BCUT2D eigenvalue weighted by Gasteiger charge is 2.51. The third kappa shape index (κ3) is 8.68. The van der Waals surface area contributed by atoms with Crippen LogP contribution >= 0.6 is 0 Å². The second kappa shape index (κ2) is 15.9. The highest BCUT2D eigenvalue weighted by molar-refractivity contribution is 6.99. The van der Waals surface area contributed by atoms with E-state index < -0.39 is 50.1 Å². The second-order valence-electron chi connectivity index (χ2n) is 12.2. The van der Waals surface area contributed by atoms with E-state index in [2.05, 4.69) is 56.6 Å². The van der Waals surface area contributed by atoms with Crippen molar-refractivity contribution in [1.82, 2.24) is 14.9 Å². The lowest BCUT2D eigenvalue weighted by Gasteiger charge is -2.43. The number of hydrogen-bond donors (Lipinski definition) is 2. The summed E-state index contributed by atoms with van der Waals surface area (Å²) in [5.74, 6) is -2.15. The first-order valence-electron chi connectivity index (χ1n) is 15.4. The van der Waals surface area contributed by atoms with Crippen molar-refractivity contribution in [2.45, 2.75) is 63.3 Å². The van der Waals surface area contributed by atoms with E-state index in [4.69, 9.17) is 18.6 Å². The number of allylic oxidation sites excluding steroid dienone is 1. The van der Waals surface area contributed by atoms with Crippen molar-refractivity contribution in [2.75, 3.05) is 20.0 Å². The number of hydrogen-bond acceptors (Lipinski definition) is 7. The zero-order valence-electron chi connectivity index (χ0n) is 27.0. The largest absolute Gasteiger partial charge is 0.471 e. The Morgan fingerprint density at radius 3 is 2.27 bits per heavy atom. The molecule has 0 spiro atoms. The molecule has 3 atom stereocenters. The maximum atomic E-state index is 13.0. The lowest BCUT2D eigenvalue weighted by atomic mass is 10.2. The van der Waals surface area contributed by atoms with Gasteiger partial charge < -0.3 is 24.0 Å². The number of benzene rings is 2. The molecule has 1 aliphatic heterocycles. The van der Waals surface area contributed by atoms with Crippen LogP contribution in [0.3, 0.4) is 0 Å². The number of amides is 1. The molecule has 0 unspecified atom stereocenters. The molecule has 0 bridgehead atoms. The van der Waals surface area contributed by atoms with E-state index in [0.29, 0.717) is 0 Å². The minimum Gasteiger partial charge on any atom is -0.405 e. The number of rotatable bonds is 14. The smallest absolute Gasteiger partial charge is 0.405 e. The molecule has 10 nitrogen and oxygen atoms in total. The quantitative estimate of drug-likeness (QED) is 0.115. The molecule has 2 heterocycles. The van der Waals surface area contributed by atoms with Crippen molar-refractivity contribution in [2.24, 2.45) is 0 Å². The summed E-state index contributed by atoms with van der Waals surface area (Å²) in [6, 6.07) is 20.2. The molecular weight excluding hydrogens is 647 g/mol. The first-order chi connectivity index (χ1) is 22.8. The number of nitrogens with one attached hydrogen (secondary N) is 2. The van der Waals surface area contributed by atoms with E-state index in [1.54, 1.807) is 11.4 Å². The Kier molecular flexibility index (Phi) is 12.2. The Hall–Kier alpha value is -4.08. The van der Waals surface area contributed by atoms with Crippen LogP contribution in [0.4, 0.5) is 13.2 Å². The van der Waals surface area contributed by atoms with E-state index >= 15 is 0 Å². The number of halogens is 3. The molecule has 0 saturated carbocycles. The van der Waals surface area contributed by atoms with Crippen LogP contribution < -0.4 is 26.9 Å². The van der Waals surface area contributed by atoms with Crippen LogP contribution in [0, 0.1) is 0 Å². The lowest BCUT2D eigenvalue weighted by molar-refractivity contribution is -0.172. The summed E-state index contributed by atoms with van der Waals surface area (Å²) in [5, 5.41) is 3.44. The summed E-state index contributed by atoms with van der Waals surface area (Å²) < 4.78 is 63.7. The Morgan fingerprint density at radius 1 is 1.08 bits per heavy atom. The van der Waals surface area contributed by atoms with Gasteiger partial charge in [-0.3, -0.25) is 19.1 Å². The topological polar surface area (TPSA) is 121 Å². The first-order valence-corrected chi connectivity index (χ1v) is 17.3. The van der Waals surface area contributed by atoms with Gasteiger partial charge in [0.05, 0.1) is 19.3 Å². The average Bonchev–Trinajstić information content (AvgIpc) is 3.44. The molecule has 0 radical (unpaired) electrons. The van der Waals surface area contributed by atoms with Gasteiger partial charge in [0, 0.05) is 24.4 Å². The number of carbonyl (C=O) groups excluding carboxylic acids is 1. The Morgan fingerprint density at radius 2 is 1.71 bits per heavy atom. The first kappa shape index (κ1) is 36.7. The molecule has 1 fully saturated rings. The molecule has 1 amide bonds. The van der Waals surface area contributed by atoms with Gasteiger partial charge in [-0.1, -0.05) is 93.6 Å². The summed E-state index contributed by atoms with van der Waals surface area (Å²) in [6.45, 7) is 10.4. The zero-order valence-corrected chi connectivity index (χ0v) is 28.0. The van der Waals surface area contributed by atoms with Crippen molar-refractivity contribution in [3.8, 4) is 0 Å². The molecule has 48 heavy (non-hydrogen) atoms. The van der Waals surface area contributed by atoms with Crippen molar-refractivity contribution in [3.63, 3.8) is 0 Å². The molecule has 1 aliphatic rings. The van der Waals surface area contributed by atoms with E-state index in [0.717, 1.165) is 16.6 Å². The minimum atomic E-state index is -5.05. The minimum absolute atomic E-state index is 0.0644. The van der Waals surface area contributed by atoms with Gasteiger partial charge in [0.25, 0.3) is 13.9 Å². The number of aromatic nitrogens is 2. The summed E-state index contributed by atoms with van der Waals surface area (Å²) in [7, 11) is -2.96. The predicted molar refractivity (Wildman–Crippen MR) is 176 cm³/mol. The zero-order chi connectivity index (χ0) is 35.0. The van der Waals surface area contributed by atoms with Gasteiger partial charge in [-0.25, -0.2) is 4.79 Å². The third-order valence-corrected chi connectivity index (χ3v) is 12.9. The Balaban J connectivity index is 1.62. The fourth-order valence-corrected chi connectivity index (χ4v) is 10.3. The third-order valence-electron chi connectivity index (χ3n) is 7.94. The van der Waals surface area contributed by atoms with E-state index in [1.807, 2.05) is 36.4 Å². The molecule has 0 aliphatic carbocycles. The number of nitrogens with zero attached hydrogens (tertiary/aromatic N) is 1. The maximum absolute atomic E-state index is 13.0. The number of alkyl halides is 3. The van der Waals surface area contributed by atoms with Crippen molar-refractivity contribution in [1.29, 1.82) is 0 Å². The maximum Gasteiger partial charge on any atom is 0.471 e. The van der Waals surface area contributed by atoms with Crippen molar-refractivity contribution < 1.29 is 36.6 Å². The number of ether oxygens (including phenoxy) is 3. The molecule has 2 aromatic carbocycles. The van der Waals surface area contributed by atoms with E-state index in [9.17, 15) is 27.6 Å². The summed E-state index contributed by atoms with van der Waals surface area (Å²) in [4.78, 5) is 38.8. The van der Waals surface area contributed by atoms with Gasteiger partial charge in [-0.15, -0.1) is 6.58 Å². The summed E-state index contributed by atoms with van der Waals surface area (Å²) >= 11 is 0. The van der Waals surface area contributed by atoms with Crippen LogP contribution in [-0.2, 0) is 29.9 Å². The highest BCUT2D eigenvalue weighted by atomic mass is 28.4. The van der Waals surface area contributed by atoms with Gasteiger partial charge in [-0.2, -0.15) is 13.2 Å². The Bertz CT molecular complexity index is 1630. The molecule has 14 heteroatoms. The fourth-order valence-electron chi connectivity index (χ4n) is 5.72. The average molecular weight is 688 g/mol. The van der Waals surface area contributed by atoms with Gasteiger partial charge >= 0.3 is 17.8 Å². The number of carbonyl (C=O) groups is 1. The van der Waals surface area contributed by atoms with Crippen LogP contribution in [0.1, 0.15) is 39.0 Å². The van der Waals surface area contributed by atoms with Crippen LogP contribution in [0.15, 0.2) is 101 Å². The molecule has 258 valence electrons. The predicted octanol–water partition coefficient (Wildman–Crippen LogP) is 3.68. The molecule has 2 N–H and O–H groups in total. The van der Waals surface area contributed by atoms with Gasteiger partial charge in [-0.05, 0) is 21.8 Å². The van der Waals surface area contributed by atoms with E-state index in [-0.39, 0.29) is 43.5 Å².